The molecule has 0 unspecified atom stereocenters. The van der Waals surface area contributed by atoms with Gasteiger partial charge in [0.15, 0.2) is 0 Å². The third-order valence-electron chi connectivity index (χ3n) is 1.44. The predicted octanol–water partition coefficient (Wildman–Crippen LogP) is 0.746. The first-order valence-corrected chi connectivity index (χ1v) is 3.28. The number of hydrogen-bond acceptors (Lipinski definition) is 3. The average Bonchev–Trinajstić information content (AvgIpc) is 2.37. The summed E-state index contributed by atoms with van der Waals surface area (Å²) in [5.41, 5.74) is 0. The zero-order valence-corrected chi connectivity index (χ0v) is 8.02. The van der Waals surface area contributed by atoms with E-state index in [2.05, 4.69) is 6.58 Å². The molecule has 4 heteroatoms. The van der Waals surface area contributed by atoms with Crippen LogP contribution in [0.5, 0.6) is 0 Å². The highest BCUT2D eigenvalue weighted by molar-refractivity contribution is 8.93. The van der Waals surface area contributed by atoms with Gasteiger partial charge in [0.2, 0.25) is 0 Å². The summed E-state index contributed by atoms with van der Waals surface area (Å²) < 4.78 is 0. The van der Waals surface area contributed by atoms with Crippen molar-refractivity contribution in [1.82, 2.24) is 9.80 Å². The summed E-state index contributed by atoms with van der Waals surface area (Å²) >= 11 is 0. The molecule has 0 aromatic carbocycles. The lowest BCUT2D eigenvalue weighted by Gasteiger charge is -2.16. The van der Waals surface area contributed by atoms with Crippen molar-refractivity contribution < 1.29 is 5.11 Å². The fourth-order valence-electron chi connectivity index (χ4n) is 0.876. The van der Waals surface area contributed by atoms with Crippen LogP contribution in [0.1, 0.15) is 0 Å². The maximum atomic E-state index is 8.57. The first-order valence-electron chi connectivity index (χ1n) is 3.28. The average molecular weight is 221 g/mol. The Morgan fingerprint density at radius 2 is 2.27 bits per heavy atom. The maximum absolute atomic E-state index is 8.57. The quantitative estimate of drug-likeness (QED) is 0.761. The van der Waals surface area contributed by atoms with Crippen LogP contribution in [0, 0.1) is 0 Å². The summed E-state index contributed by atoms with van der Waals surface area (Å²) in [4.78, 5) is 3.97. The topological polar surface area (TPSA) is 26.7 Å². The summed E-state index contributed by atoms with van der Waals surface area (Å²) in [6.45, 7) is 5.33. The molecule has 0 aliphatic carbocycles. The molecular formula is C7H13BrN2O. The van der Waals surface area contributed by atoms with Crippen LogP contribution in [0.2, 0.25) is 0 Å². The van der Waals surface area contributed by atoms with Crippen LogP contribution < -0.4 is 0 Å². The Bertz CT molecular complexity index is 149. The van der Waals surface area contributed by atoms with E-state index in [-0.39, 0.29) is 23.6 Å². The van der Waals surface area contributed by atoms with Gasteiger partial charge in [-0.05, 0) is 6.20 Å². The maximum Gasteiger partial charge on any atom is 0.0936 e. The standard InChI is InChI=1S/C7H12N2O.BrH/c1-2-8-3-4-9(7-8)5-6-10;/h2-4,10H,1,5-7H2;1H. The van der Waals surface area contributed by atoms with Gasteiger partial charge in [0.25, 0.3) is 0 Å². The number of halogens is 1. The zero-order chi connectivity index (χ0) is 7.40. The molecule has 64 valence electrons. The monoisotopic (exact) mass is 220 g/mol. The number of nitrogens with zero attached hydrogens (tertiary/aromatic N) is 2. The molecular weight excluding hydrogens is 208 g/mol. The van der Waals surface area contributed by atoms with Crippen LogP contribution in [0.3, 0.4) is 0 Å². The van der Waals surface area contributed by atoms with Crippen LogP contribution in [-0.2, 0) is 0 Å². The van der Waals surface area contributed by atoms with Crippen molar-refractivity contribution in [3.8, 4) is 0 Å². The van der Waals surface area contributed by atoms with Crippen LogP contribution >= 0.6 is 17.0 Å². The van der Waals surface area contributed by atoms with E-state index < -0.39 is 0 Å². The molecule has 0 radical (unpaired) electrons. The molecule has 1 aliphatic heterocycles. The molecule has 0 fully saturated rings. The summed E-state index contributed by atoms with van der Waals surface area (Å²) in [5, 5.41) is 8.57. The van der Waals surface area contributed by atoms with E-state index in [1.807, 2.05) is 22.2 Å². The minimum atomic E-state index is 0. The fourth-order valence-corrected chi connectivity index (χ4v) is 0.876. The highest BCUT2D eigenvalue weighted by Gasteiger charge is 2.06. The lowest BCUT2D eigenvalue weighted by Crippen LogP contribution is -2.24. The highest BCUT2D eigenvalue weighted by atomic mass is 79.9. The largest absolute Gasteiger partial charge is 0.395 e. The Morgan fingerprint density at radius 1 is 1.55 bits per heavy atom. The van der Waals surface area contributed by atoms with Crippen LogP contribution in [0.4, 0.5) is 0 Å². The molecule has 0 aromatic rings. The van der Waals surface area contributed by atoms with E-state index in [9.17, 15) is 0 Å². The summed E-state index contributed by atoms with van der Waals surface area (Å²) in [7, 11) is 0. The molecule has 0 saturated heterocycles. The SMILES string of the molecule is Br.C=CN1C=CN(CCO)C1. The van der Waals surface area contributed by atoms with Crippen molar-refractivity contribution in [3.63, 3.8) is 0 Å². The third kappa shape index (κ3) is 2.95. The Hall–Kier alpha value is -0.480. The van der Waals surface area contributed by atoms with Crippen LogP contribution in [0.15, 0.2) is 25.2 Å². The molecule has 0 amide bonds. The molecule has 1 aliphatic rings. The molecule has 11 heavy (non-hydrogen) atoms. The molecule has 0 bridgehead atoms. The van der Waals surface area contributed by atoms with Crippen molar-refractivity contribution in [1.29, 1.82) is 0 Å². The van der Waals surface area contributed by atoms with Gasteiger partial charge in [0.1, 0.15) is 0 Å². The smallest absolute Gasteiger partial charge is 0.0936 e. The van der Waals surface area contributed by atoms with Gasteiger partial charge < -0.3 is 14.9 Å². The number of β-amino-alcohol motifs (C(OH)–C–C–N with tert-alkyl or cyclic N) is 1. The van der Waals surface area contributed by atoms with Gasteiger partial charge >= 0.3 is 0 Å². The van der Waals surface area contributed by atoms with Crippen molar-refractivity contribution in [2.45, 2.75) is 0 Å². The Labute approximate surface area is 77.4 Å². The van der Waals surface area contributed by atoms with Gasteiger partial charge in [0.05, 0.1) is 13.3 Å². The molecule has 1 rings (SSSR count). The molecule has 0 spiro atoms. The summed E-state index contributed by atoms with van der Waals surface area (Å²) in [6, 6.07) is 0. The Kier molecular flexibility index (Phi) is 4.98. The van der Waals surface area contributed by atoms with Gasteiger partial charge in [-0.15, -0.1) is 17.0 Å². The highest BCUT2D eigenvalue weighted by Crippen LogP contribution is 2.04. The first-order chi connectivity index (χ1) is 4.86. The van der Waals surface area contributed by atoms with E-state index in [1.165, 1.54) is 0 Å². The Morgan fingerprint density at radius 3 is 2.73 bits per heavy atom. The molecule has 1 N–H and O–H groups in total. The number of rotatable bonds is 3. The number of hydrogen-bond donors (Lipinski definition) is 1. The molecule has 1 heterocycles. The van der Waals surface area contributed by atoms with E-state index in [0.717, 1.165) is 6.67 Å². The molecule has 0 atom stereocenters. The minimum absolute atomic E-state index is 0. The zero-order valence-electron chi connectivity index (χ0n) is 6.31. The molecule has 3 nitrogen and oxygen atoms in total. The van der Waals surface area contributed by atoms with Crippen molar-refractivity contribution in [2.24, 2.45) is 0 Å². The van der Waals surface area contributed by atoms with E-state index in [1.54, 1.807) is 6.20 Å². The first kappa shape index (κ1) is 10.5. The number of aliphatic hydroxyl groups excluding tert-OH is 1. The second-order valence-electron chi connectivity index (χ2n) is 2.17. The predicted molar refractivity (Wildman–Crippen MR) is 50.2 cm³/mol. The molecule has 0 aromatic heterocycles. The lowest BCUT2D eigenvalue weighted by molar-refractivity contribution is 0.222. The van der Waals surface area contributed by atoms with Gasteiger partial charge in [-0.3, -0.25) is 0 Å². The lowest BCUT2D eigenvalue weighted by atomic mass is 10.6. The second kappa shape index (κ2) is 5.21. The number of aliphatic hydroxyl groups is 1. The fraction of sp³-hybridized carbons (Fsp3) is 0.429. The van der Waals surface area contributed by atoms with Crippen LogP contribution in [0.25, 0.3) is 0 Å². The summed E-state index contributed by atoms with van der Waals surface area (Å²) in [5.74, 6) is 0. The van der Waals surface area contributed by atoms with Gasteiger partial charge in [-0.25, -0.2) is 0 Å². The van der Waals surface area contributed by atoms with Gasteiger partial charge in [-0.2, -0.15) is 0 Å². The normalized spacial score (nSPS) is 15.0. The second-order valence-corrected chi connectivity index (χ2v) is 2.17. The van der Waals surface area contributed by atoms with Crippen molar-refractivity contribution in [3.05, 3.63) is 25.2 Å². The van der Waals surface area contributed by atoms with E-state index >= 15 is 0 Å². The third-order valence-corrected chi connectivity index (χ3v) is 1.44. The molecule has 0 saturated carbocycles. The van der Waals surface area contributed by atoms with Crippen molar-refractivity contribution >= 4 is 17.0 Å². The van der Waals surface area contributed by atoms with Gasteiger partial charge in [-0.1, -0.05) is 6.58 Å². The summed E-state index contributed by atoms with van der Waals surface area (Å²) in [6.07, 6.45) is 5.63. The van der Waals surface area contributed by atoms with E-state index in [0.29, 0.717) is 6.54 Å². The minimum Gasteiger partial charge on any atom is -0.395 e. The van der Waals surface area contributed by atoms with Crippen LogP contribution in [-0.4, -0.2) is 34.7 Å². The van der Waals surface area contributed by atoms with Crippen molar-refractivity contribution in [2.75, 3.05) is 19.8 Å². The van der Waals surface area contributed by atoms with Gasteiger partial charge in [0, 0.05) is 18.9 Å². The van der Waals surface area contributed by atoms with E-state index in [4.69, 9.17) is 5.11 Å². The Balaban J connectivity index is 0.000001000.